The van der Waals surface area contributed by atoms with Crippen molar-refractivity contribution in [1.82, 2.24) is 5.32 Å². The number of carboxylic acid groups (broad SMARTS) is 1. The predicted molar refractivity (Wildman–Crippen MR) is 98.2 cm³/mol. The zero-order valence-electron chi connectivity index (χ0n) is 14.3. The van der Waals surface area contributed by atoms with Crippen LogP contribution in [0.1, 0.15) is 15.9 Å². The van der Waals surface area contributed by atoms with Gasteiger partial charge in [-0.3, -0.25) is 4.79 Å². The molecule has 2 rings (SSSR count). The number of hydrogen-bond acceptors (Lipinski definition) is 4. The fourth-order valence-corrected chi connectivity index (χ4v) is 2.15. The Balaban J connectivity index is 2.29. The van der Waals surface area contributed by atoms with Gasteiger partial charge in [-0.15, -0.1) is 0 Å². The fourth-order valence-electron chi connectivity index (χ4n) is 2.15. The first-order chi connectivity index (χ1) is 12.5. The highest BCUT2D eigenvalue weighted by Gasteiger charge is 2.14. The normalized spacial score (nSPS) is 10.7. The van der Waals surface area contributed by atoms with Gasteiger partial charge >= 0.3 is 5.97 Å². The number of methoxy groups -OCH3 is 1. The van der Waals surface area contributed by atoms with Crippen LogP contribution >= 0.6 is 0 Å². The van der Waals surface area contributed by atoms with Gasteiger partial charge in [-0.25, -0.2) is 4.79 Å². The molecule has 0 saturated heterocycles. The van der Waals surface area contributed by atoms with E-state index in [-0.39, 0.29) is 12.3 Å². The van der Waals surface area contributed by atoms with E-state index in [4.69, 9.17) is 9.47 Å². The minimum atomic E-state index is -1.25. The maximum atomic E-state index is 12.2. The molecule has 0 radical (unpaired) electrons. The maximum absolute atomic E-state index is 12.2. The highest BCUT2D eigenvalue weighted by molar-refractivity contribution is 6.02. The van der Waals surface area contributed by atoms with Crippen LogP contribution in [-0.2, 0) is 4.79 Å². The number of nitrogens with one attached hydrogen (secondary N) is 1. The molecular formula is C20H19NO5. The molecule has 0 aliphatic rings. The Morgan fingerprint density at radius 2 is 1.88 bits per heavy atom. The van der Waals surface area contributed by atoms with Crippen molar-refractivity contribution < 1.29 is 24.2 Å². The van der Waals surface area contributed by atoms with Gasteiger partial charge in [0.2, 0.25) is 0 Å². The zero-order chi connectivity index (χ0) is 18.9. The molecule has 134 valence electrons. The van der Waals surface area contributed by atoms with Gasteiger partial charge in [-0.05, 0) is 35.9 Å². The Bertz CT molecular complexity index is 827. The molecule has 0 aliphatic heterocycles. The van der Waals surface area contributed by atoms with E-state index in [9.17, 15) is 14.7 Å². The zero-order valence-corrected chi connectivity index (χ0v) is 14.3. The van der Waals surface area contributed by atoms with Crippen LogP contribution in [-0.4, -0.2) is 30.7 Å². The van der Waals surface area contributed by atoms with Crippen molar-refractivity contribution in [3.8, 4) is 11.5 Å². The average molecular weight is 353 g/mol. The monoisotopic (exact) mass is 353 g/mol. The number of carbonyl (C=O) groups is 2. The molecule has 0 aliphatic carbocycles. The van der Waals surface area contributed by atoms with E-state index in [0.717, 1.165) is 0 Å². The Morgan fingerprint density at radius 3 is 2.50 bits per heavy atom. The summed E-state index contributed by atoms with van der Waals surface area (Å²) in [4.78, 5) is 23.7. The molecule has 0 fully saturated rings. The van der Waals surface area contributed by atoms with Gasteiger partial charge in [0.15, 0.2) is 11.5 Å². The topological polar surface area (TPSA) is 84.9 Å². The van der Waals surface area contributed by atoms with E-state index in [0.29, 0.717) is 22.6 Å². The van der Waals surface area contributed by atoms with Crippen LogP contribution in [0.25, 0.3) is 6.08 Å². The van der Waals surface area contributed by atoms with Gasteiger partial charge < -0.3 is 19.9 Å². The molecular weight excluding hydrogens is 334 g/mol. The summed E-state index contributed by atoms with van der Waals surface area (Å²) in [5.41, 5.74) is 0.652. The number of benzene rings is 2. The first-order valence-corrected chi connectivity index (χ1v) is 7.78. The minimum Gasteiger partial charge on any atom is -0.493 e. The first-order valence-electron chi connectivity index (χ1n) is 7.78. The summed E-state index contributed by atoms with van der Waals surface area (Å²) in [6.07, 6.45) is 2.94. The van der Waals surface area contributed by atoms with Crippen molar-refractivity contribution in [1.29, 1.82) is 0 Å². The number of ether oxygens (including phenoxy) is 2. The van der Waals surface area contributed by atoms with Crippen molar-refractivity contribution in [2.75, 3.05) is 13.7 Å². The smallest absolute Gasteiger partial charge is 0.352 e. The molecule has 2 aromatic rings. The lowest BCUT2D eigenvalue weighted by atomic mass is 10.1. The second-order valence-electron chi connectivity index (χ2n) is 5.19. The fraction of sp³-hybridized carbons (Fsp3) is 0.100. The Morgan fingerprint density at radius 1 is 1.15 bits per heavy atom. The Kier molecular flexibility index (Phi) is 6.56. The second-order valence-corrected chi connectivity index (χ2v) is 5.19. The highest BCUT2D eigenvalue weighted by atomic mass is 16.5. The maximum Gasteiger partial charge on any atom is 0.352 e. The van der Waals surface area contributed by atoms with Crippen LogP contribution < -0.4 is 14.8 Å². The lowest BCUT2D eigenvalue weighted by molar-refractivity contribution is -0.132. The Hall–Kier alpha value is -3.54. The molecule has 0 spiro atoms. The average Bonchev–Trinajstić information content (AvgIpc) is 2.66. The third-order valence-corrected chi connectivity index (χ3v) is 3.37. The van der Waals surface area contributed by atoms with E-state index in [1.165, 1.54) is 13.2 Å². The molecule has 0 heterocycles. The summed E-state index contributed by atoms with van der Waals surface area (Å²) < 4.78 is 10.7. The molecule has 1 amide bonds. The molecule has 0 atom stereocenters. The van der Waals surface area contributed by atoms with Gasteiger partial charge in [0.25, 0.3) is 5.91 Å². The Labute approximate surface area is 151 Å². The molecule has 0 saturated carbocycles. The van der Waals surface area contributed by atoms with Crippen molar-refractivity contribution in [2.24, 2.45) is 0 Å². The van der Waals surface area contributed by atoms with E-state index >= 15 is 0 Å². The summed E-state index contributed by atoms with van der Waals surface area (Å²) in [6.45, 7) is 3.86. The van der Waals surface area contributed by atoms with Gasteiger partial charge in [0.05, 0.1) is 7.11 Å². The van der Waals surface area contributed by atoms with Crippen molar-refractivity contribution >= 4 is 18.0 Å². The SMILES string of the molecule is C=CCOc1cc(/C=C(/NC(=O)c2ccccc2)C(=O)O)ccc1OC. The van der Waals surface area contributed by atoms with E-state index in [2.05, 4.69) is 11.9 Å². The van der Waals surface area contributed by atoms with Crippen molar-refractivity contribution in [2.45, 2.75) is 0 Å². The number of rotatable bonds is 8. The van der Waals surface area contributed by atoms with E-state index in [1.54, 1.807) is 54.6 Å². The number of hydrogen-bond donors (Lipinski definition) is 2. The van der Waals surface area contributed by atoms with Crippen molar-refractivity contribution in [3.05, 3.63) is 78.0 Å². The standard InChI is InChI=1S/C20H19NO5/c1-3-11-26-18-13-14(9-10-17(18)25-2)12-16(20(23)24)21-19(22)15-7-5-4-6-8-15/h3-10,12-13H,1,11H2,2H3,(H,21,22)(H,23,24)/b16-12+. The van der Waals surface area contributed by atoms with Crippen LogP contribution in [0.2, 0.25) is 0 Å². The second kappa shape index (κ2) is 9.08. The van der Waals surface area contributed by atoms with Gasteiger partial charge in [-0.1, -0.05) is 36.9 Å². The third kappa shape index (κ3) is 4.98. The quantitative estimate of drug-likeness (QED) is 0.563. The number of amides is 1. The number of carboxylic acids is 1. The molecule has 2 N–H and O–H groups in total. The number of carbonyl (C=O) groups excluding carboxylic acids is 1. The molecule has 26 heavy (non-hydrogen) atoms. The van der Waals surface area contributed by atoms with Crippen molar-refractivity contribution in [3.63, 3.8) is 0 Å². The van der Waals surface area contributed by atoms with E-state index in [1.807, 2.05) is 0 Å². The summed E-state index contributed by atoms with van der Waals surface area (Å²) in [5, 5.41) is 11.8. The molecule has 0 aromatic heterocycles. The minimum absolute atomic E-state index is 0.251. The summed E-state index contributed by atoms with van der Waals surface area (Å²) >= 11 is 0. The first kappa shape index (κ1) is 18.8. The summed E-state index contributed by atoms with van der Waals surface area (Å²) in [5.74, 6) is -0.802. The van der Waals surface area contributed by atoms with E-state index < -0.39 is 11.9 Å². The van der Waals surface area contributed by atoms with Crippen LogP contribution in [0.5, 0.6) is 11.5 Å². The largest absolute Gasteiger partial charge is 0.493 e. The van der Waals surface area contributed by atoms with Crippen LogP contribution in [0.3, 0.4) is 0 Å². The molecule has 2 aromatic carbocycles. The molecule has 0 bridgehead atoms. The molecule has 0 unspecified atom stereocenters. The van der Waals surface area contributed by atoms with Gasteiger partial charge in [0.1, 0.15) is 12.3 Å². The molecule has 6 heteroatoms. The van der Waals surface area contributed by atoms with Gasteiger partial charge in [0, 0.05) is 5.56 Å². The lowest BCUT2D eigenvalue weighted by Crippen LogP contribution is -2.27. The summed E-state index contributed by atoms with van der Waals surface area (Å²) in [6, 6.07) is 13.3. The third-order valence-electron chi connectivity index (χ3n) is 3.37. The summed E-state index contributed by atoms with van der Waals surface area (Å²) in [7, 11) is 1.51. The van der Waals surface area contributed by atoms with Crippen LogP contribution in [0.15, 0.2) is 66.9 Å². The molecule has 6 nitrogen and oxygen atoms in total. The van der Waals surface area contributed by atoms with Crippen LogP contribution in [0, 0.1) is 0 Å². The van der Waals surface area contributed by atoms with Crippen LogP contribution in [0.4, 0.5) is 0 Å². The number of aliphatic carboxylic acids is 1. The predicted octanol–water partition coefficient (Wildman–Crippen LogP) is 3.12. The highest BCUT2D eigenvalue weighted by Crippen LogP contribution is 2.28. The van der Waals surface area contributed by atoms with Gasteiger partial charge in [-0.2, -0.15) is 0 Å². The lowest BCUT2D eigenvalue weighted by Gasteiger charge is -2.11.